The van der Waals surface area contributed by atoms with Crippen molar-refractivity contribution < 1.29 is 9.13 Å². The number of rotatable bonds is 5. The number of para-hydroxylation sites is 1. The maximum atomic E-state index is 14.4. The van der Waals surface area contributed by atoms with Crippen LogP contribution < -0.4 is 19.6 Å². The van der Waals surface area contributed by atoms with Gasteiger partial charge >= 0.3 is 0 Å². The van der Waals surface area contributed by atoms with Gasteiger partial charge < -0.3 is 4.74 Å². The molecule has 40 heavy (non-hydrogen) atoms. The van der Waals surface area contributed by atoms with E-state index in [1.807, 2.05) is 78.9 Å². The number of hydrogen-bond donors (Lipinski definition) is 0. The third-order valence-electron chi connectivity index (χ3n) is 7.48. The van der Waals surface area contributed by atoms with Crippen LogP contribution in [0.25, 0.3) is 11.8 Å². The van der Waals surface area contributed by atoms with E-state index >= 15 is 0 Å². The standard InChI is InChI=1S/C34H25FN2O2S/c35-26-14-8-13-25(19-26)32-28-18-17-23-11-4-6-15-27(23)31(28)36-34-37(32)33(38)30(40-34)20-24-12-5-7-16-29(24)39-21-22-9-2-1-3-10-22/h1-16,19-20,32H,17-18,21H2/b30-20-/t32-/m1/s1. The molecule has 196 valence electrons. The Kier molecular flexibility index (Phi) is 6.25. The van der Waals surface area contributed by atoms with Crippen LogP contribution in [0.15, 0.2) is 118 Å². The SMILES string of the molecule is O=c1/c(=C/c2ccccc2OCc2ccccc2)sc2n1[C@H](c1cccc(F)c1)C1=C(N=2)c2ccccc2CC1. The Labute approximate surface area is 234 Å². The minimum Gasteiger partial charge on any atom is -0.488 e. The van der Waals surface area contributed by atoms with E-state index < -0.39 is 6.04 Å². The number of hydrogen-bond acceptors (Lipinski definition) is 4. The number of benzene rings is 4. The molecule has 0 saturated heterocycles. The van der Waals surface area contributed by atoms with E-state index in [9.17, 15) is 9.18 Å². The zero-order valence-electron chi connectivity index (χ0n) is 21.6. The summed E-state index contributed by atoms with van der Waals surface area (Å²) in [7, 11) is 0. The highest BCUT2D eigenvalue weighted by Crippen LogP contribution is 2.41. The molecule has 1 atom stereocenters. The number of aromatic nitrogens is 1. The predicted octanol–water partition coefficient (Wildman–Crippen LogP) is 6.04. The van der Waals surface area contributed by atoms with Gasteiger partial charge in [-0.2, -0.15) is 0 Å². The van der Waals surface area contributed by atoms with Gasteiger partial charge in [0.2, 0.25) is 0 Å². The van der Waals surface area contributed by atoms with Crippen molar-refractivity contribution >= 4 is 23.1 Å². The van der Waals surface area contributed by atoms with Crippen molar-refractivity contribution in [3.8, 4) is 5.75 Å². The Bertz CT molecular complexity index is 1960. The lowest BCUT2D eigenvalue weighted by Crippen LogP contribution is -2.38. The van der Waals surface area contributed by atoms with Gasteiger partial charge in [0.15, 0.2) is 4.80 Å². The molecule has 2 heterocycles. The topological polar surface area (TPSA) is 43.6 Å². The second kappa shape index (κ2) is 10.2. The Hall–Kier alpha value is -4.55. The van der Waals surface area contributed by atoms with Crippen molar-refractivity contribution in [2.24, 2.45) is 4.99 Å². The predicted molar refractivity (Wildman–Crippen MR) is 156 cm³/mol. The molecular weight excluding hydrogens is 519 g/mol. The molecule has 6 heteroatoms. The highest BCUT2D eigenvalue weighted by molar-refractivity contribution is 7.07. The minimum atomic E-state index is -0.415. The van der Waals surface area contributed by atoms with Crippen LogP contribution >= 0.6 is 11.3 Å². The fourth-order valence-electron chi connectivity index (χ4n) is 5.61. The summed E-state index contributed by atoms with van der Waals surface area (Å²) in [6, 6.07) is 32.1. The quantitative estimate of drug-likeness (QED) is 0.271. The molecule has 1 aliphatic heterocycles. The first-order valence-corrected chi connectivity index (χ1v) is 14.1. The monoisotopic (exact) mass is 544 g/mol. The van der Waals surface area contributed by atoms with Crippen LogP contribution in [0.2, 0.25) is 0 Å². The summed E-state index contributed by atoms with van der Waals surface area (Å²) >= 11 is 1.36. The second-order valence-electron chi connectivity index (χ2n) is 9.98. The van der Waals surface area contributed by atoms with E-state index in [2.05, 4.69) is 12.1 Å². The number of ether oxygens (including phenoxy) is 1. The third-order valence-corrected chi connectivity index (χ3v) is 8.46. The zero-order valence-corrected chi connectivity index (χ0v) is 22.4. The average molecular weight is 545 g/mol. The molecule has 2 aliphatic rings. The van der Waals surface area contributed by atoms with Crippen LogP contribution in [-0.4, -0.2) is 4.57 Å². The molecule has 0 bridgehead atoms. The van der Waals surface area contributed by atoms with E-state index in [4.69, 9.17) is 9.73 Å². The van der Waals surface area contributed by atoms with Gasteiger partial charge in [-0.1, -0.05) is 96.3 Å². The molecule has 0 spiro atoms. The summed E-state index contributed by atoms with van der Waals surface area (Å²) in [6.45, 7) is 0.429. The lowest BCUT2D eigenvalue weighted by molar-refractivity contribution is 0.305. The van der Waals surface area contributed by atoms with Gasteiger partial charge in [0, 0.05) is 11.1 Å². The van der Waals surface area contributed by atoms with Crippen LogP contribution in [0.5, 0.6) is 5.75 Å². The van der Waals surface area contributed by atoms with E-state index in [1.54, 1.807) is 10.6 Å². The summed E-state index contributed by atoms with van der Waals surface area (Å²) < 4.78 is 22.9. The number of thiazole rings is 1. The first-order chi connectivity index (χ1) is 19.7. The molecule has 0 fully saturated rings. The van der Waals surface area contributed by atoms with Crippen LogP contribution in [-0.2, 0) is 13.0 Å². The first-order valence-electron chi connectivity index (χ1n) is 13.3. The Morgan fingerprint density at radius 3 is 2.60 bits per heavy atom. The summed E-state index contributed by atoms with van der Waals surface area (Å²) in [5.41, 5.74) is 6.78. The molecule has 5 aromatic rings. The van der Waals surface area contributed by atoms with Crippen molar-refractivity contribution in [3.05, 3.63) is 162 Å². The van der Waals surface area contributed by atoms with E-state index in [0.29, 0.717) is 21.7 Å². The molecule has 0 unspecified atom stereocenters. The van der Waals surface area contributed by atoms with Crippen LogP contribution in [0.4, 0.5) is 4.39 Å². The molecular formula is C34H25FN2O2S. The third kappa shape index (κ3) is 4.40. The number of aryl methyl sites for hydroxylation is 1. The van der Waals surface area contributed by atoms with Crippen molar-refractivity contribution in [2.75, 3.05) is 0 Å². The summed E-state index contributed by atoms with van der Waals surface area (Å²) in [5.74, 6) is 0.381. The van der Waals surface area contributed by atoms with E-state index in [-0.39, 0.29) is 11.4 Å². The molecule has 1 aliphatic carbocycles. The summed E-state index contributed by atoms with van der Waals surface area (Å²) in [6.07, 6.45) is 3.49. The highest BCUT2D eigenvalue weighted by Gasteiger charge is 2.32. The van der Waals surface area contributed by atoms with E-state index in [1.165, 1.54) is 29.0 Å². The van der Waals surface area contributed by atoms with Gasteiger partial charge in [0.05, 0.1) is 16.3 Å². The Morgan fingerprint density at radius 1 is 0.925 bits per heavy atom. The maximum absolute atomic E-state index is 14.4. The van der Waals surface area contributed by atoms with Gasteiger partial charge in [-0.3, -0.25) is 9.36 Å². The van der Waals surface area contributed by atoms with Gasteiger partial charge in [-0.25, -0.2) is 9.38 Å². The van der Waals surface area contributed by atoms with Crippen molar-refractivity contribution in [2.45, 2.75) is 25.5 Å². The lowest BCUT2D eigenvalue weighted by atomic mass is 9.83. The minimum absolute atomic E-state index is 0.138. The van der Waals surface area contributed by atoms with Crippen LogP contribution in [0, 0.1) is 5.82 Å². The number of halogens is 1. The maximum Gasteiger partial charge on any atom is 0.271 e. The normalized spacial score (nSPS) is 16.1. The highest BCUT2D eigenvalue weighted by atomic mass is 32.1. The average Bonchev–Trinajstić information content (AvgIpc) is 3.30. The molecule has 0 N–H and O–H groups in total. The molecule has 4 nitrogen and oxygen atoms in total. The van der Waals surface area contributed by atoms with Crippen molar-refractivity contribution in [3.63, 3.8) is 0 Å². The Morgan fingerprint density at radius 2 is 1.73 bits per heavy atom. The molecule has 4 aromatic carbocycles. The molecule has 0 radical (unpaired) electrons. The summed E-state index contributed by atoms with van der Waals surface area (Å²) in [4.78, 5) is 19.7. The van der Waals surface area contributed by atoms with Gasteiger partial charge in [0.1, 0.15) is 18.2 Å². The Balaban J connectivity index is 1.38. The lowest BCUT2D eigenvalue weighted by Gasteiger charge is -2.30. The molecule has 1 aromatic heterocycles. The van der Waals surface area contributed by atoms with Gasteiger partial charge in [-0.05, 0) is 59.4 Å². The number of allylic oxidation sites excluding steroid dienone is 1. The van der Waals surface area contributed by atoms with Crippen LogP contribution in [0.3, 0.4) is 0 Å². The van der Waals surface area contributed by atoms with Crippen LogP contribution in [0.1, 0.15) is 40.3 Å². The van der Waals surface area contributed by atoms with E-state index in [0.717, 1.165) is 46.4 Å². The fourth-order valence-corrected chi connectivity index (χ4v) is 6.60. The summed E-state index contributed by atoms with van der Waals surface area (Å²) in [5, 5.41) is 0. The molecule has 0 saturated carbocycles. The van der Waals surface area contributed by atoms with Gasteiger partial charge in [-0.15, -0.1) is 0 Å². The largest absolute Gasteiger partial charge is 0.488 e. The zero-order chi connectivity index (χ0) is 27.1. The molecule has 0 amide bonds. The first kappa shape index (κ1) is 24.5. The smallest absolute Gasteiger partial charge is 0.271 e. The van der Waals surface area contributed by atoms with Crippen molar-refractivity contribution in [1.29, 1.82) is 0 Å². The number of fused-ring (bicyclic) bond motifs is 3. The van der Waals surface area contributed by atoms with Gasteiger partial charge in [0.25, 0.3) is 5.56 Å². The molecule has 7 rings (SSSR count). The van der Waals surface area contributed by atoms with Crippen molar-refractivity contribution in [1.82, 2.24) is 4.57 Å². The fraction of sp³-hybridized carbons (Fsp3) is 0.118. The number of nitrogens with zero attached hydrogens (tertiary/aromatic N) is 2. The second-order valence-corrected chi connectivity index (χ2v) is 11.0.